The van der Waals surface area contributed by atoms with Gasteiger partial charge in [-0.05, 0) is 60.3 Å². The zero-order chi connectivity index (χ0) is 21.1. The van der Waals surface area contributed by atoms with Gasteiger partial charge >= 0.3 is 5.97 Å². The molecule has 4 aromatic rings. The molecule has 0 fully saturated rings. The topological polar surface area (TPSA) is 92.0 Å². The number of aliphatic carboxylic acids is 1. The first-order valence-corrected chi connectivity index (χ1v) is 10.2. The standard InChI is InChI=1S/C21H13Cl2N3O3S/c22-14-6-4-12(5-7-14)19-24-21(26-25-19)30-18(20(27)28)11-16-8-9-17(29-16)13-2-1-3-15(23)10-13/h1-11H,(H,27,28)(H,24,25,26)/b18-11-. The fourth-order valence-electron chi connectivity index (χ4n) is 2.62. The summed E-state index contributed by atoms with van der Waals surface area (Å²) in [6.45, 7) is 0. The predicted octanol–water partition coefficient (Wildman–Crippen LogP) is 6.26. The summed E-state index contributed by atoms with van der Waals surface area (Å²) >= 11 is 12.8. The number of nitrogens with one attached hydrogen (secondary N) is 1. The van der Waals surface area contributed by atoms with Gasteiger partial charge < -0.3 is 9.52 Å². The van der Waals surface area contributed by atoms with Crippen molar-refractivity contribution >= 4 is 47.0 Å². The van der Waals surface area contributed by atoms with E-state index in [1.54, 1.807) is 48.5 Å². The summed E-state index contributed by atoms with van der Waals surface area (Å²) in [6.07, 6.45) is 1.43. The van der Waals surface area contributed by atoms with Crippen LogP contribution in [-0.4, -0.2) is 26.3 Å². The maximum Gasteiger partial charge on any atom is 0.342 e. The van der Waals surface area contributed by atoms with Crippen LogP contribution >= 0.6 is 35.0 Å². The number of rotatable bonds is 6. The smallest absolute Gasteiger partial charge is 0.342 e. The monoisotopic (exact) mass is 457 g/mol. The van der Waals surface area contributed by atoms with Crippen molar-refractivity contribution in [2.75, 3.05) is 0 Å². The minimum absolute atomic E-state index is 0.0173. The Labute approximate surface area is 185 Å². The number of hydrogen-bond donors (Lipinski definition) is 2. The number of benzene rings is 2. The average Bonchev–Trinajstić information content (AvgIpc) is 3.38. The molecule has 0 radical (unpaired) electrons. The molecular formula is C21H13Cl2N3O3S. The Morgan fingerprint density at radius 3 is 2.57 bits per heavy atom. The third-order valence-corrected chi connectivity index (χ3v) is 5.37. The molecule has 0 aliphatic carbocycles. The molecule has 2 heterocycles. The maximum absolute atomic E-state index is 11.7. The van der Waals surface area contributed by atoms with Gasteiger partial charge in [-0.3, -0.25) is 5.10 Å². The summed E-state index contributed by atoms with van der Waals surface area (Å²) in [7, 11) is 0. The Kier molecular flexibility index (Phi) is 5.94. The zero-order valence-electron chi connectivity index (χ0n) is 15.2. The van der Waals surface area contributed by atoms with Crippen LogP contribution in [0.1, 0.15) is 5.76 Å². The number of carboxylic acids is 1. The lowest BCUT2D eigenvalue weighted by Crippen LogP contribution is -1.97. The molecule has 0 aliphatic heterocycles. The van der Waals surface area contributed by atoms with Crippen LogP contribution in [-0.2, 0) is 4.79 Å². The number of nitrogens with zero attached hydrogens (tertiary/aromatic N) is 2. The van der Waals surface area contributed by atoms with Gasteiger partial charge in [0.25, 0.3) is 0 Å². The van der Waals surface area contributed by atoms with Gasteiger partial charge in [0, 0.05) is 27.2 Å². The number of aromatic amines is 1. The number of thioether (sulfide) groups is 1. The molecule has 0 aliphatic rings. The highest BCUT2D eigenvalue weighted by atomic mass is 35.5. The lowest BCUT2D eigenvalue weighted by atomic mass is 10.2. The van der Waals surface area contributed by atoms with Crippen LogP contribution in [0.25, 0.3) is 28.8 Å². The van der Waals surface area contributed by atoms with Crippen LogP contribution in [0, 0.1) is 0 Å². The minimum Gasteiger partial charge on any atom is -0.477 e. The summed E-state index contributed by atoms with van der Waals surface area (Å²) in [5.41, 5.74) is 1.59. The van der Waals surface area contributed by atoms with Crippen LogP contribution in [0.2, 0.25) is 10.0 Å². The van der Waals surface area contributed by atoms with Crippen LogP contribution in [0.5, 0.6) is 0 Å². The van der Waals surface area contributed by atoms with Crippen LogP contribution in [0.15, 0.2) is 75.1 Å². The highest BCUT2D eigenvalue weighted by molar-refractivity contribution is 8.04. The Morgan fingerprint density at radius 2 is 1.83 bits per heavy atom. The molecule has 0 saturated carbocycles. The average molecular weight is 458 g/mol. The van der Waals surface area contributed by atoms with Gasteiger partial charge in [0.15, 0.2) is 5.82 Å². The molecule has 0 saturated heterocycles. The van der Waals surface area contributed by atoms with E-state index in [-0.39, 0.29) is 10.1 Å². The summed E-state index contributed by atoms with van der Waals surface area (Å²) in [5.74, 6) is 0.378. The quantitative estimate of drug-likeness (QED) is 0.262. The molecule has 150 valence electrons. The lowest BCUT2D eigenvalue weighted by Gasteiger charge is -1.99. The van der Waals surface area contributed by atoms with E-state index in [0.29, 0.717) is 27.4 Å². The Morgan fingerprint density at radius 1 is 1.03 bits per heavy atom. The van der Waals surface area contributed by atoms with Crippen molar-refractivity contribution < 1.29 is 14.3 Å². The second-order valence-corrected chi connectivity index (χ2v) is 7.98. The van der Waals surface area contributed by atoms with Gasteiger partial charge in [-0.15, -0.1) is 5.10 Å². The second kappa shape index (κ2) is 8.79. The molecule has 30 heavy (non-hydrogen) atoms. The number of H-pyrrole nitrogens is 1. The minimum atomic E-state index is -1.11. The van der Waals surface area contributed by atoms with E-state index in [2.05, 4.69) is 15.2 Å². The van der Waals surface area contributed by atoms with E-state index < -0.39 is 5.97 Å². The zero-order valence-corrected chi connectivity index (χ0v) is 17.5. The van der Waals surface area contributed by atoms with Crippen molar-refractivity contribution in [1.82, 2.24) is 15.2 Å². The fourth-order valence-corrected chi connectivity index (χ4v) is 3.62. The normalized spacial score (nSPS) is 11.6. The van der Waals surface area contributed by atoms with Crippen molar-refractivity contribution in [3.05, 3.63) is 81.4 Å². The molecule has 2 aromatic heterocycles. The molecule has 0 bridgehead atoms. The van der Waals surface area contributed by atoms with E-state index in [1.807, 2.05) is 12.1 Å². The first-order valence-electron chi connectivity index (χ1n) is 8.65. The molecule has 0 spiro atoms. The molecule has 2 N–H and O–H groups in total. The number of aromatic nitrogens is 3. The van der Waals surface area contributed by atoms with Crippen molar-refractivity contribution in [2.24, 2.45) is 0 Å². The number of carboxylic acid groups (broad SMARTS) is 1. The molecule has 0 amide bonds. The molecular weight excluding hydrogens is 445 g/mol. The summed E-state index contributed by atoms with van der Waals surface area (Å²) in [6, 6.07) is 17.7. The highest BCUT2D eigenvalue weighted by Gasteiger charge is 2.15. The van der Waals surface area contributed by atoms with Gasteiger partial charge in [-0.1, -0.05) is 35.3 Å². The fraction of sp³-hybridized carbons (Fsp3) is 0. The highest BCUT2D eigenvalue weighted by Crippen LogP contribution is 2.30. The summed E-state index contributed by atoms with van der Waals surface area (Å²) in [4.78, 5) is 16.1. The summed E-state index contributed by atoms with van der Waals surface area (Å²) in [5, 5.41) is 17.9. The van der Waals surface area contributed by atoms with Gasteiger partial charge in [0.1, 0.15) is 16.4 Å². The van der Waals surface area contributed by atoms with Gasteiger partial charge in [0.2, 0.25) is 5.16 Å². The van der Waals surface area contributed by atoms with Gasteiger partial charge in [0.05, 0.1) is 0 Å². The molecule has 4 rings (SSSR count). The lowest BCUT2D eigenvalue weighted by molar-refractivity contribution is -0.131. The van der Waals surface area contributed by atoms with E-state index >= 15 is 0 Å². The van der Waals surface area contributed by atoms with Gasteiger partial charge in [-0.25, -0.2) is 9.78 Å². The third-order valence-electron chi connectivity index (χ3n) is 4.00. The van der Waals surface area contributed by atoms with E-state index in [0.717, 1.165) is 22.9 Å². The second-order valence-electron chi connectivity index (χ2n) is 6.10. The van der Waals surface area contributed by atoms with Crippen LogP contribution in [0.3, 0.4) is 0 Å². The Bertz CT molecular complexity index is 1230. The number of carbonyl (C=O) groups is 1. The van der Waals surface area contributed by atoms with Crippen LogP contribution in [0.4, 0.5) is 0 Å². The first-order chi connectivity index (χ1) is 14.5. The Hall–Kier alpha value is -3.00. The number of hydrogen-bond acceptors (Lipinski definition) is 5. The van der Waals surface area contributed by atoms with E-state index in [1.165, 1.54) is 6.08 Å². The molecule has 0 atom stereocenters. The Balaban J connectivity index is 1.56. The van der Waals surface area contributed by atoms with Crippen molar-refractivity contribution in [3.63, 3.8) is 0 Å². The first kappa shape index (κ1) is 20.3. The maximum atomic E-state index is 11.7. The van der Waals surface area contributed by atoms with Crippen molar-refractivity contribution in [3.8, 4) is 22.7 Å². The van der Waals surface area contributed by atoms with Gasteiger partial charge in [-0.2, -0.15) is 0 Å². The predicted molar refractivity (Wildman–Crippen MR) is 117 cm³/mol. The van der Waals surface area contributed by atoms with Crippen molar-refractivity contribution in [2.45, 2.75) is 5.16 Å². The SMILES string of the molecule is O=C(O)/C(=C/c1ccc(-c2cccc(Cl)c2)o1)Sc1n[nH]c(-c2ccc(Cl)cc2)n1. The molecule has 0 unspecified atom stereocenters. The van der Waals surface area contributed by atoms with Crippen LogP contribution < -0.4 is 0 Å². The number of halogens is 2. The summed E-state index contributed by atoms with van der Waals surface area (Å²) < 4.78 is 5.76. The largest absolute Gasteiger partial charge is 0.477 e. The molecule has 9 heteroatoms. The molecule has 6 nitrogen and oxygen atoms in total. The van der Waals surface area contributed by atoms with E-state index in [4.69, 9.17) is 27.6 Å². The molecule has 2 aromatic carbocycles. The van der Waals surface area contributed by atoms with Crippen molar-refractivity contribution in [1.29, 1.82) is 0 Å². The van der Waals surface area contributed by atoms with E-state index in [9.17, 15) is 9.90 Å². The third kappa shape index (κ3) is 4.76. The number of furan rings is 1.